The van der Waals surface area contributed by atoms with Crippen LogP contribution in [0.2, 0.25) is 17.6 Å². The van der Waals surface area contributed by atoms with Gasteiger partial charge in [0.15, 0.2) is 5.88 Å². The molecule has 226 valence electrons. The zero-order valence-corrected chi connectivity index (χ0v) is 27.3. The lowest BCUT2D eigenvalue weighted by molar-refractivity contribution is -0.140. The largest absolute Gasteiger partial charge is 0.473 e. The molecule has 5 rings (SSSR count). The zero-order chi connectivity index (χ0) is 30.1. The van der Waals surface area contributed by atoms with Crippen LogP contribution >= 0.6 is 0 Å². The van der Waals surface area contributed by atoms with Crippen molar-refractivity contribution in [2.45, 2.75) is 121 Å². The smallest absolute Gasteiger partial charge is 0.416 e. The third kappa shape index (κ3) is 5.82. The van der Waals surface area contributed by atoms with E-state index in [9.17, 15) is 14.7 Å². The SMILES string of the molecule is C[SiH](CC1OC(C)(C)N2C(OC(C)(C)C)=C3CC3C(C(=O)N3C(=O)OCC3Cc3ccccc3)C(O)C12)C(C)(C)C. The van der Waals surface area contributed by atoms with Gasteiger partial charge in [0.05, 0.1) is 30.2 Å². The van der Waals surface area contributed by atoms with E-state index in [1.54, 1.807) is 0 Å². The summed E-state index contributed by atoms with van der Waals surface area (Å²) >= 11 is 0. The van der Waals surface area contributed by atoms with Gasteiger partial charge in [-0.3, -0.25) is 4.79 Å². The Morgan fingerprint density at radius 2 is 1.80 bits per heavy atom. The first-order chi connectivity index (χ1) is 19.0. The van der Waals surface area contributed by atoms with E-state index in [1.165, 1.54) is 4.90 Å². The third-order valence-electron chi connectivity index (χ3n) is 9.34. The van der Waals surface area contributed by atoms with Crippen molar-refractivity contribution in [1.29, 1.82) is 0 Å². The molecular formula is C32H48N2O6Si. The van der Waals surface area contributed by atoms with E-state index in [1.807, 2.05) is 65.0 Å². The molecule has 41 heavy (non-hydrogen) atoms. The van der Waals surface area contributed by atoms with Gasteiger partial charge in [0.1, 0.15) is 17.9 Å². The van der Waals surface area contributed by atoms with Crippen LogP contribution in [0.1, 0.15) is 67.4 Å². The third-order valence-corrected chi connectivity index (χ3v) is 13.5. The molecule has 0 radical (unpaired) electrons. The van der Waals surface area contributed by atoms with E-state index in [0.29, 0.717) is 12.8 Å². The summed E-state index contributed by atoms with van der Waals surface area (Å²) in [5.74, 6) is -0.610. The Kier molecular flexibility index (Phi) is 7.65. The Bertz CT molecular complexity index is 1200. The van der Waals surface area contributed by atoms with Gasteiger partial charge in [0.2, 0.25) is 5.91 Å². The standard InChI is InChI=1S/C32H48N2O6Si/c1-30(2,3)40-28-22-16-21(22)24(27(36)33-20(17-38-29(33)37)15-19-13-11-10-12-14-19)26(35)25-23(18-41(9)31(4,5)6)39-32(7,8)34(25)28/h10-14,20-21,23-26,35,41H,15-18H2,1-9H3. The number of aliphatic hydroxyl groups is 1. The number of imide groups is 1. The van der Waals surface area contributed by atoms with Gasteiger partial charge in [0.25, 0.3) is 0 Å². The normalized spacial score (nSPS) is 31.8. The van der Waals surface area contributed by atoms with Crippen LogP contribution < -0.4 is 0 Å². The molecule has 0 bridgehead atoms. The van der Waals surface area contributed by atoms with Crippen molar-refractivity contribution in [2.24, 2.45) is 11.8 Å². The molecule has 3 aliphatic heterocycles. The first kappa shape index (κ1) is 30.1. The number of benzene rings is 1. The molecule has 0 spiro atoms. The number of aliphatic hydroxyl groups excluding tert-OH is 1. The van der Waals surface area contributed by atoms with Gasteiger partial charge in [-0.05, 0) is 69.7 Å². The quantitative estimate of drug-likeness (QED) is 0.467. The Hall–Kier alpha value is -2.36. The average Bonchev–Trinajstić information content (AvgIpc) is 3.48. The van der Waals surface area contributed by atoms with Crippen LogP contribution in [-0.4, -0.2) is 77.9 Å². The summed E-state index contributed by atoms with van der Waals surface area (Å²) in [6.07, 6.45) is -0.781. The predicted octanol–water partition coefficient (Wildman–Crippen LogP) is 5.08. The molecule has 1 N–H and O–H groups in total. The lowest BCUT2D eigenvalue weighted by Crippen LogP contribution is -2.55. The van der Waals surface area contributed by atoms with Crippen molar-refractivity contribution in [2.75, 3.05) is 6.61 Å². The summed E-state index contributed by atoms with van der Waals surface area (Å²) in [4.78, 5) is 30.8. The number of rotatable bonds is 6. The number of carbonyl (C=O) groups excluding carboxylic acids is 2. The van der Waals surface area contributed by atoms with Crippen molar-refractivity contribution >= 4 is 20.8 Å². The van der Waals surface area contributed by atoms with Gasteiger partial charge in [-0.25, -0.2) is 9.69 Å². The van der Waals surface area contributed by atoms with Crippen LogP contribution in [0.4, 0.5) is 4.79 Å². The second-order valence-electron chi connectivity index (χ2n) is 15.0. The summed E-state index contributed by atoms with van der Waals surface area (Å²) < 4.78 is 18.8. The molecule has 1 aromatic rings. The molecule has 1 saturated carbocycles. The summed E-state index contributed by atoms with van der Waals surface area (Å²) in [6.45, 7) is 19.4. The van der Waals surface area contributed by atoms with E-state index in [2.05, 4.69) is 32.2 Å². The number of hydrogen-bond donors (Lipinski definition) is 1. The number of carbonyl (C=O) groups is 2. The minimum Gasteiger partial charge on any atom is -0.473 e. The summed E-state index contributed by atoms with van der Waals surface area (Å²) in [5.41, 5.74) is 0.839. The van der Waals surface area contributed by atoms with E-state index in [4.69, 9.17) is 14.2 Å². The Balaban J connectivity index is 1.53. The highest BCUT2D eigenvalue weighted by Gasteiger charge is 2.63. The van der Waals surface area contributed by atoms with Gasteiger partial charge in [-0.1, -0.05) is 57.7 Å². The molecule has 0 aromatic heterocycles. The molecule has 9 heteroatoms. The zero-order valence-electron chi connectivity index (χ0n) is 26.1. The molecule has 3 heterocycles. The number of amides is 2. The molecule has 3 fully saturated rings. The maximum absolute atomic E-state index is 14.4. The minimum absolute atomic E-state index is 0.150. The Morgan fingerprint density at radius 3 is 2.41 bits per heavy atom. The second kappa shape index (κ2) is 10.4. The fraction of sp³-hybridized carbons (Fsp3) is 0.688. The van der Waals surface area contributed by atoms with Crippen molar-refractivity contribution in [1.82, 2.24) is 9.80 Å². The Morgan fingerprint density at radius 1 is 1.15 bits per heavy atom. The minimum atomic E-state index is -1.29. The van der Waals surface area contributed by atoms with Crippen LogP contribution in [-0.2, 0) is 25.4 Å². The number of ether oxygens (including phenoxy) is 3. The van der Waals surface area contributed by atoms with Crippen molar-refractivity contribution in [3.63, 3.8) is 0 Å². The molecule has 1 aromatic carbocycles. The molecule has 4 aliphatic rings. The van der Waals surface area contributed by atoms with E-state index in [0.717, 1.165) is 23.1 Å². The molecule has 2 amide bonds. The number of allylic oxidation sites excluding steroid dienone is 1. The average molecular weight is 585 g/mol. The fourth-order valence-electron chi connectivity index (χ4n) is 6.69. The summed E-state index contributed by atoms with van der Waals surface area (Å²) in [7, 11) is -1.29. The maximum Gasteiger partial charge on any atom is 0.416 e. The maximum atomic E-state index is 14.4. The van der Waals surface area contributed by atoms with E-state index in [-0.39, 0.29) is 29.6 Å². The van der Waals surface area contributed by atoms with Crippen LogP contribution in [0, 0.1) is 11.8 Å². The lowest BCUT2D eigenvalue weighted by atomic mass is 9.87. The van der Waals surface area contributed by atoms with Crippen molar-refractivity contribution in [3.8, 4) is 0 Å². The fourth-order valence-corrected chi connectivity index (χ4v) is 8.47. The second-order valence-corrected chi connectivity index (χ2v) is 19.0. The Labute approximate surface area is 246 Å². The summed E-state index contributed by atoms with van der Waals surface area (Å²) in [6, 6.07) is 9.79. The number of cyclic esters (lactones) is 1. The lowest BCUT2D eigenvalue weighted by Gasteiger charge is -2.41. The summed E-state index contributed by atoms with van der Waals surface area (Å²) in [5, 5.41) is 12.4. The molecule has 7 atom stereocenters. The molecule has 1 aliphatic carbocycles. The van der Waals surface area contributed by atoms with Gasteiger partial charge in [-0.15, -0.1) is 0 Å². The van der Waals surface area contributed by atoms with Crippen LogP contribution in [0.25, 0.3) is 0 Å². The van der Waals surface area contributed by atoms with Gasteiger partial charge in [-0.2, -0.15) is 0 Å². The first-order valence-corrected chi connectivity index (χ1v) is 17.7. The van der Waals surface area contributed by atoms with E-state index >= 15 is 0 Å². The number of nitrogens with zero attached hydrogens (tertiary/aromatic N) is 2. The number of hydrogen-bond acceptors (Lipinski definition) is 7. The molecule has 7 unspecified atom stereocenters. The van der Waals surface area contributed by atoms with Crippen molar-refractivity contribution < 1.29 is 28.9 Å². The molecular weight excluding hydrogens is 536 g/mol. The van der Waals surface area contributed by atoms with Crippen LogP contribution in [0.15, 0.2) is 41.8 Å². The number of fused-ring (bicyclic) bond motifs is 2. The van der Waals surface area contributed by atoms with Gasteiger partial charge >= 0.3 is 6.09 Å². The highest BCUT2D eigenvalue weighted by Crippen LogP contribution is 2.56. The molecule has 2 saturated heterocycles. The van der Waals surface area contributed by atoms with Gasteiger partial charge in [0, 0.05) is 14.7 Å². The predicted molar refractivity (Wildman–Crippen MR) is 160 cm³/mol. The molecule has 8 nitrogen and oxygen atoms in total. The highest BCUT2D eigenvalue weighted by atomic mass is 28.3. The van der Waals surface area contributed by atoms with E-state index < -0.39 is 50.3 Å². The monoisotopic (exact) mass is 584 g/mol. The van der Waals surface area contributed by atoms with Crippen LogP contribution in [0.3, 0.4) is 0 Å². The topological polar surface area (TPSA) is 88.5 Å². The highest BCUT2D eigenvalue weighted by molar-refractivity contribution is 6.60. The van der Waals surface area contributed by atoms with Gasteiger partial charge < -0.3 is 24.2 Å². The van der Waals surface area contributed by atoms with Crippen LogP contribution in [0.5, 0.6) is 0 Å². The first-order valence-electron chi connectivity index (χ1n) is 15.1. The van der Waals surface area contributed by atoms with Crippen molar-refractivity contribution in [3.05, 3.63) is 47.4 Å².